The van der Waals surface area contributed by atoms with Crippen LogP contribution in [0.5, 0.6) is 0 Å². The maximum atomic E-state index is 13.6. The molecule has 0 bridgehead atoms. The summed E-state index contributed by atoms with van der Waals surface area (Å²) in [7, 11) is 0. The van der Waals surface area contributed by atoms with Crippen molar-refractivity contribution in [3.8, 4) is 0 Å². The number of halogens is 3. The van der Waals surface area contributed by atoms with Crippen LogP contribution < -0.4 is 5.73 Å². The van der Waals surface area contributed by atoms with Gasteiger partial charge in [-0.3, -0.25) is 0 Å². The summed E-state index contributed by atoms with van der Waals surface area (Å²) in [6.07, 6.45) is 2.89. The van der Waals surface area contributed by atoms with E-state index in [4.69, 9.17) is 5.73 Å². The van der Waals surface area contributed by atoms with Gasteiger partial charge < -0.3 is 5.73 Å². The zero-order chi connectivity index (χ0) is 12.6. The summed E-state index contributed by atoms with van der Waals surface area (Å²) in [5.41, 5.74) is 6.04. The number of rotatable bonds is 2. The highest BCUT2D eigenvalue weighted by Gasteiger charge is 2.30. The Balaban J connectivity index is 2.25. The van der Waals surface area contributed by atoms with Crippen LogP contribution in [0.3, 0.4) is 0 Å². The Morgan fingerprint density at radius 1 is 1.18 bits per heavy atom. The number of nitrogens with two attached hydrogens (primary N) is 1. The first-order chi connectivity index (χ1) is 8.00. The van der Waals surface area contributed by atoms with Crippen LogP contribution in [0.25, 0.3) is 0 Å². The van der Waals surface area contributed by atoms with E-state index in [1.54, 1.807) is 0 Å². The Labute approximate surface area is 98.8 Å². The predicted molar refractivity (Wildman–Crippen MR) is 59.7 cm³/mol. The number of hydrogen-bond acceptors (Lipinski definition) is 1. The fourth-order valence-electron chi connectivity index (χ4n) is 2.63. The van der Waals surface area contributed by atoms with E-state index in [0.717, 1.165) is 25.3 Å². The molecule has 0 aromatic heterocycles. The molecular formula is C13H16F3N. The molecule has 0 aliphatic heterocycles. The minimum atomic E-state index is -1.43. The van der Waals surface area contributed by atoms with Crippen molar-refractivity contribution in [1.29, 1.82) is 0 Å². The minimum absolute atomic E-state index is 0.0861. The van der Waals surface area contributed by atoms with E-state index in [1.807, 2.05) is 0 Å². The standard InChI is InChI=1S/C13H16F3N/c1-7-2-3-8(6-7)13(17)9-4-5-10(14)12(16)11(9)15/h4-5,7-8,13H,2-3,6,17H2,1H3. The summed E-state index contributed by atoms with van der Waals surface area (Å²) in [5, 5.41) is 0. The SMILES string of the molecule is CC1CCC(C(N)c2ccc(F)c(F)c2F)C1. The van der Waals surface area contributed by atoms with E-state index in [2.05, 4.69) is 6.92 Å². The van der Waals surface area contributed by atoms with Crippen LogP contribution >= 0.6 is 0 Å². The maximum absolute atomic E-state index is 13.6. The van der Waals surface area contributed by atoms with Crippen LogP contribution in [-0.2, 0) is 0 Å². The Kier molecular flexibility index (Phi) is 3.43. The van der Waals surface area contributed by atoms with E-state index in [1.165, 1.54) is 6.07 Å². The monoisotopic (exact) mass is 243 g/mol. The van der Waals surface area contributed by atoms with Crippen LogP contribution in [0.4, 0.5) is 13.2 Å². The Bertz CT molecular complexity index is 419. The van der Waals surface area contributed by atoms with Gasteiger partial charge in [-0.25, -0.2) is 13.2 Å². The van der Waals surface area contributed by atoms with Gasteiger partial charge in [-0.1, -0.05) is 19.4 Å². The maximum Gasteiger partial charge on any atom is 0.194 e. The molecule has 3 unspecified atom stereocenters. The normalized spacial score (nSPS) is 26.2. The lowest BCUT2D eigenvalue weighted by atomic mass is 9.91. The van der Waals surface area contributed by atoms with Gasteiger partial charge in [0.15, 0.2) is 17.5 Å². The summed E-state index contributed by atoms with van der Waals surface area (Å²) >= 11 is 0. The molecule has 0 amide bonds. The molecule has 3 atom stereocenters. The van der Waals surface area contributed by atoms with Gasteiger partial charge in [-0.05, 0) is 30.7 Å². The van der Waals surface area contributed by atoms with Crippen molar-refractivity contribution in [2.45, 2.75) is 32.2 Å². The van der Waals surface area contributed by atoms with Crippen LogP contribution in [0, 0.1) is 29.3 Å². The third-order valence-electron chi connectivity index (χ3n) is 3.67. The molecule has 1 aromatic carbocycles. The van der Waals surface area contributed by atoms with Crippen LogP contribution in [0.2, 0.25) is 0 Å². The van der Waals surface area contributed by atoms with Gasteiger partial charge in [0.05, 0.1) is 0 Å². The molecule has 1 fully saturated rings. The second-order valence-electron chi connectivity index (χ2n) is 4.97. The molecular weight excluding hydrogens is 227 g/mol. The van der Waals surface area contributed by atoms with Crippen molar-refractivity contribution < 1.29 is 13.2 Å². The van der Waals surface area contributed by atoms with Gasteiger partial charge in [0.25, 0.3) is 0 Å². The van der Waals surface area contributed by atoms with Gasteiger partial charge in [-0.2, -0.15) is 0 Å². The highest BCUT2D eigenvalue weighted by molar-refractivity contribution is 5.24. The van der Waals surface area contributed by atoms with E-state index in [0.29, 0.717) is 5.92 Å². The largest absolute Gasteiger partial charge is 0.324 e. The Morgan fingerprint density at radius 2 is 1.88 bits per heavy atom. The van der Waals surface area contributed by atoms with Crippen molar-refractivity contribution in [1.82, 2.24) is 0 Å². The lowest BCUT2D eigenvalue weighted by molar-refractivity contribution is 0.392. The van der Waals surface area contributed by atoms with E-state index < -0.39 is 23.5 Å². The Morgan fingerprint density at radius 3 is 2.47 bits per heavy atom. The molecule has 94 valence electrons. The third kappa shape index (κ3) is 2.32. The second-order valence-corrected chi connectivity index (χ2v) is 4.97. The van der Waals surface area contributed by atoms with Crippen LogP contribution in [0.15, 0.2) is 12.1 Å². The molecule has 1 nitrogen and oxygen atoms in total. The lowest BCUT2D eigenvalue weighted by Gasteiger charge is -2.20. The molecule has 1 aliphatic carbocycles. The fourth-order valence-corrected chi connectivity index (χ4v) is 2.63. The predicted octanol–water partition coefficient (Wildman–Crippen LogP) is 3.54. The zero-order valence-electron chi connectivity index (χ0n) is 9.72. The van der Waals surface area contributed by atoms with Crippen molar-refractivity contribution in [3.05, 3.63) is 35.1 Å². The van der Waals surface area contributed by atoms with Gasteiger partial charge in [0.1, 0.15) is 0 Å². The van der Waals surface area contributed by atoms with E-state index in [-0.39, 0.29) is 11.5 Å². The molecule has 1 aliphatic rings. The van der Waals surface area contributed by atoms with Gasteiger partial charge in [0, 0.05) is 11.6 Å². The summed E-state index contributed by atoms with van der Waals surface area (Å²) in [5.74, 6) is -3.01. The number of hydrogen-bond donors (Lipinski definition) is 1. The first-order valence-electron chi connectivity index (χ1n) is 5.89. The van der Waals surface area contributed by atoms with E-state index in [9.17, 15) is 13.2 Å². The fraction of sp³-hybridized carbons (Fsp3) is 0.538. The van der Waals surface area contributed by atoms with Crippen LogP contribution in [0.1, 0.15) is 37.8 Å². The lowest BCUT2D eigenvalue weighted by Crippen LogP contribution is -2.21. The first-order valence-corrected chi connectivity index (χ1v) is 5.89. The average molecular weight is 243 g/mol. The van der Waals surface area contributed by atoms with Crippen molar-refractivity contribution in [2.75, 3.05) is 0 Å². The molecule has 17 heavy (non-hydrogen) atoms. The van der Waals surface area contributed by atoms with E-state index >= 15 is 0 Å². The molecule has 1 saturated carbocycles. The highest BCUT2D eigenvalue weighted by atomic mass is 19.2. The minimum Gasteiger partial charge on any atom is -0.324 e. The molecule has 0 saturated heterocycles. The summed E-state index contributed by atoms with van der Waals surface area (Å²) in [6.45, 7) is 2.12. The van der Waals surface area contributed by atoms with Crippen LogP contribution in [-0.4, -0.2) is 0 Å². The zero-order valence-corrected chi connectivity index (χ0v) is 9.72. The van der Waals surface area contributed by atoms with Gasteiger partial charge in [0.2, 0.25) is 0 Å². The molecule has 4 heteroatoms. The average Bonchev–Trinajstić information content (AvgIpc) is 2.72. The topological polar surface area (TPSA) is 26.0 Å². The Hall–Kier alpha value is -1.03. The van der Waals surface area contributed by atoms with Gasteiger partial charge in [-0.15, -0.1) is 0 Å². The first kappa shape index (κ1) is 12.4. The summed E-state index contributed by atoms with van der Waals surface area (Å²) in [6, 6.07) is 1.64. The molecule has 0 heterocycles. The van der Waals surface area contributed by atoms with Crippen molar-refractivity contribution >= 4 is 0 Å². The molecule has 0 spiro atoms. The number of benzene rings is 1. The quantitative estimate of drug-likeness (QED) is 0.790. The van der Waals surface area contributed by atoms with Crippen molar-refractivity contribution in [2.24, 2.45) is 17.6 Å². The summed E-state index contributed by atoms with van der Waals surface area (Å²) in [4.78, 5) is 0. The second kappa shape index (κ2) is 4.69. The van der Waals surface area contributed by atoms with Gasteiger partial charge >= 0.3 is 0 Å². The molecule has 2 N–H and O–H groups in total. The smallest absolute Gasteiger partial charge is 0.194 e. The molecule has 0 radical (unpaired) electrons. The summed E-state index contributed by atoms with van der Waals surface area (Å²) < 4.78 is 39.5. The molecule has 1 aromatic rings. The molecule has 2 rings (SSSR count). The van der Waals surface area contributed by atoms with Crippen molar-refractivity contribution in [3.63, 3.8) is 0 Å². The highest BCUT2D eigenvalue weighted by Crippen LogP contribution is 2.38. The third-order valence-corrected chi connectivity index (χ3v) is 3.67.